The standard InChI is InChI=1S/C11H10ClNO2S/c12-8-1-2-9-7(5-8)6-10(13-9)16-4-3-11(14)15/h1-2,5-6,13H,3-4H2,(H,14,15). The summed E-state index contributed by atoms with van der Waals surface area (Å²) < 4.78 is 0. The van der Waals surface area contributed by atoms with Crippen LogP contribution in [0.15, 0.2) is 29.3 Å². The highest BCUT2D eigenvalue weighted by Crippen LogP contribution is 2.25. The minimum Gasteiger partial charge on any atom is -0.481 e. The summed E-state index contributed by atoms with van der Waals surface area (Å²) in [5.41, 5.74) is 1.02. The van der Waals surface area contributed by atoms with Crippen LogP contribution >= 0.6 is 23.4 Å². The first-order valence-electron chi connectivity index (χ1n) is 4.78. The van der Waals surface area contributed by atoms with E-state index in [1.54, 1.807) is 0 Å². The van der Waals surface area contributed by atoms with Gasteiger partial charge in [0.2, 0.25) is 0 Å². The van der Waals surface area contributed by atoms with E-state index in [-0.39, 0.29) is 6.42 Å². The van der Waals surface area contributed by atoms with Crippen LogP contribution in [0.5, 0.6) is 0 Å². The van der Waals surface area contributed by atoms with Crippen molar-refractivity contribution >= 4 is 40.2 Å². The maximum absolute atomic E-state index is 10.4. The van der Waals surface area contributed by atoms with Crippen molar-refractivity contribution in [3.63, 3.8) is 0 Å². The number of carboxylic acids is 1. The SMILES string of the molecule is O=C(O)CCSc1cc2cc(Cl)ccc2[nH]1. The number of thioether (sulfide) groups is 1. The number of rotatable bonds is 4. The molecule has 0 spiro atoms. The van der Waals surface area contributed by atoms with E-state index < -0.39 is 5.97 Å². The normalized spacial score (nSPS) is 10.8. The highest BCUT2D eigenvalue weighted by molar-refractivity contribution is 7.99. The van der Waals surface area contributed by atoms with Crippen LogP contribution in [0, 0.1) is 0 Å². The molecule has 1 aromatic heterocycles. The number of carbonyl (C=O) groups is 1. The lowest BCUT2D eigenvalue weighted by Crippen LogP contribution is -1.95. The van der Waals surface area contributed by atoms with Gasteiger partial charge in [0.1, 0.15) is 0 Å². The van der Waals surface area contributed by atoms with Gasteiger partial charge in [-0.2, -0.15) is 0 Å². The van der Waals surface area contributed by atoms with E-state index >= 15 is 0 Å². The molecule has 0 aliphatic rings. The van der Waals surface area contributed by atoms with Crippen molar-refractivity contribution in [3.8, 4) is 0 Å². The Bertz CT molecular complexity index is 524. The van der Waals surface area contributed by atoms with Crippen molar-refractivity contribution in [1.29, 1.82) is 0 Å². The van der Waals surface area contributed by atoms with Crippen molar-refractivity contribution < 1.29 is 9.90 Å². The predicted molar refractivity (Wildman–Crippen MR) is 66.3 cm³/mol. The third-order valence-corrected chi connectivity index (χ3v) is 3.31. The van der Waals surface area contributed by atoms with Crippen molar-refractivity contribution in [1.82, 2.24) is 4.98 Å². The van der Waals surface area contributed by atoms with Crippen molar-refractivity contribution in [3.05, 3.63) is 29.3 Å². The lowest BCUT2D eigenvalue weighted by Gasteiger charge is -1.94. The number of hydrogen-bond donors (Lipinski definition) is 2. The fraction of sp³-hybridized carbons (Fsp3) is 0.182. The van der Waals surface area contributed by atoms with Gasteiger partial charge in [0.05, 0.1) is 11.4 Å². The molecule has 0 radical (unpaired) electrons. The van der Waals surface area contributed by atoms with Crippen molar-refractivity contribution in [2.75, 3.05) is 5.75 Å². The second kappa shape index (κ2) is 4.80. The zero-order valence-corrected chi connectivity index (χ0v) is 9.94. The molecular formula is C11H10ClNO2S. The van der Waals surface area contributed by atoms with Gasteiger partial charge >= 0.3 is 5.97 Å². The minimum absolute atomic E-state index is 0.167. The number of nitrogens with one attached hydrogen (secondary N) is 1. The zero-order chi connectivity index (χ0) is 11.5. The Kier molecular flexibility index (Phi) is 3.41. The number of aliphatic carboxylic acids is 1. The number of H-pyrrole nitrogens is 1. The Morgan fingerprint density at radius 1 is 1.44 bits per heavy atom. The topological polar surface area (TPSA) is 53.1 Å². The van der Waals surface area contributed by atoms with Gasteiger partial charge in [-0.05, 0) is 24.3 Å². The lowest BCUT2D eigenvalue weighted by molar-refractivity contribution is -0.136. The molecule has 2 aromatic rings. The Hall–Kier alpha value is -1.13. The van der Waals surface area contributed by atoms with Gasteiger partial charge < -0.3 is 10.1 Å². The largest absolute Gasteiger partial charge is 0.481 e. The van der Waals surface area contributed by atoms with E-state index in [9.17, 15) is 4.79 Å². The molecule has 2 rings (SSSR count). The number of fused-ring (bicyclic) bond motifs is 1. The molecule has 0 saturated heterocycles. The van der Waals surface area contributed by atoms with Crippen molar-refractivity contribution in [2.45, 2.75) is 11.4 Å². The van der Waals surface area contributed by atoms with Crippen LogP contribution in [-0.2, 0) is 4.79 Å². The molecule has 0 fully saturated rings. The Labute approximate surface area is 102 Å². The quantitative estimate of drug-likeness (QED) is 0.824. The second-order valence-electron chi connectivity index (χ2n) is 3.36. The van der Waals surface area contributed by atoms with E-state index in [2.05, 4.69) is 4.98 Å². The van der Waals surface area contributed by atoms with Crippen LogP contribution in [0.25, 0.3) is 10.9 Å². The first-order valence-corrected chi connectivity index (χ1v) is 6.14. The van der Waals surface area contributed by atoms with Gasteiger partial charge in [0.15, 0.2) is 0 Å². The summed E-state index contributed by atoms with van der Waals surface area (Å²) in [4.78, 5) is 13.6. The number of hydrogen-bond acceptors (Lipinski definition) is 2. The van der Waals surface area contributed by atoms with E-state index in [0.29, 0.717) is 10.8 Å². The molecule has 84 valence electrons. The molecule has 0 saturated carbocycles. The van der Waals surface area contributed by atoms with Crippen LogP contribution in [0.2, 0.25) is 5.02 Å². The maximum Gasteiger partial charge on any atom is 0.304 e. The van der Waals surface area contributed by atoms with Gasteiger partial charge in [-0.15, -0.1) is 11.8 Å². The average molecular weight is 256 g/mol. The number of halogens is 1. The van der Waals surface area contributed by atoms with E-state index in [1.165, 1.54) is 11.8 Å². The third kappa shape index (κ3) is 2.71. The summed E-state index contributed by atoms with van der Waals surface area (Å²) in [5.74, 6) is -0.206. The summed E-state index contributed by atoms with van der Waals surface area (Å²) in [6.45, 7) is 0. The number of aromatic amines is 1. The van der Waals surface area contributed by atoms with Gasteiger partial charge in [0.25, 0.3) is 0 Å². The smallest absolute Gasteiger partial charge is 0.304 e. The average Bonchev–Trinajstić information content (AvgIpc) is 2.58. The first-order chi connectivity index (χ1) is 7.65. The summed E-state index contributed by atoms with van der Waals surface area (Å²) >= 11 is 7.38. The summed E-state index contributed by atoms with van der Waals surface area (Å²) in [6.07, 6.45) is 0.167. The molecule has 1 heterocycles. The highest BCUT2D eigenvalue weighted by Gasteiger charge is 2.03. The van der Waals surface area contributed by atoms with E-state index in [4.69, 9.17) is 16.7 Å². The second-order valence-corrected chi connectivity index (χ2v) is 4.93. The maximum atomic E-state index is 10.4. The molecule has 3 nitrogen and oxygen atoms in total. The molecule has 2 N–H and O–H groups in total. The predicted octanol–water partition coefficient (Wildman–Crippen LogP) is 3.39. The van der Waals surface area contributed by atoms with Crippen LogP contribution < -0.4 is 0 Å². The zero-order valence-electron chi connectivity index (χ0n) is 8.37. The molecular weight excluding hydrogens is 246 g/mol. The van der Waals surface area contributed by atoms with E-state index in [0.717, 1.165) is 15.9 Å². The minimum atomic E-state index is -0.772. The third-order valence-electron chi connectivity index (χ3n) is 2.13. The Morgan fingerprint density at radius 2 is 2.25 bits per heavy atom. The van der Waals surface area contributed by atoms with Gasteiger partial charge in [-0.25, -0.2) is 0 Å². The molecule has 0 bridgehead atoms. The van der Waals surface area contributed by atoms with Gasteiger partial charge in [-0.1, -0.05) is 11.6 Å². The number of aromatic nitrogens is 1. The summed E-state index contributed by atoms with van der Waals surface area (Å²) in [5, 5.41) is 11.2. The van der Waals surface area contributed by atoms with Crippen LogP contribution in [0.4, 0.5) is 0 Å². The number of benzene rings is 1. The van der Waals surface area contributed by atoms with Crippen LogP contribution in [0.1, 0.15) is 6.42 Å². The Balaban J connectivity index is 2.10. The fourth-order valence-electron chi connectivity index (χ4n) is 1.40. The molecule has 16 heavy (non-hydrogen) atoms. The molecule has 5 heteroatoms. The fourth-order valence-corrected chi connectivity index (χ4v) is 2.47. The molecule has 0 aliphatic carbocycles. The molecule has 0 aliphatic heterocycles. The van der Waals surface area contributed by atoms with E-state index in [1.807, 2.05) is 24.3 Å². The molecule has 1 aromatic carbocycles. The van der Waals surface area contributed by atoms with Gasteiger partial charge in [0, 0.05) is 21.7 Å². The monoisotopic (exact) mass is 255 g/mol. The van der Waals surface area contributed by atoms with Crippen molar-refractivity contribution in [2.24, 2.45) is 0 Å². The molecule has 0 unspecified atom stereocenters. The summed E-state index contributed by atoms with van der Waals surface area (Å²) in [7, 11) is 0. The summed E-state index contributed by atoms with van der Waals surface area (Å²) in [6, 6.07) is 7.60. The first kappa shape index (κ1) is 11.4. The lowest BCUT2D eigenvalue weighted by atomic mass is 10.2. The number of carboxylic acid groups (broad SMARTS) is 1. The molecule has 0 amide bonds. The molecule has 0 atom stereocenters. The van der Waals surface area contributed by atoms with Crippen LogP contribution in [0.3, 0.4) is 0 Å². The highest BCUT2D eigenvalue weighted by atomic mass is 35.5. The van der Waals surface area contributed by atoms with Gasteiger partial charge in [-0.3, -0.25) is 4.79 Å². The Morgan fingerprint density at radius 3 is 3.00 bits per heavy atom. The van der Waals surface area contributed by atoms with Crippen LogP contribution in [-0.4, -0.2) is 21.8 Å².